The van der Waals surface area contributed by atoms with Crippen LogP contribution >= 0.6 is 27.7 Å². The molecule has 0 atom stereocenters. The first-order valence-corrected chi connectivity index (χ1v) is 11.5. The summed E-state index contributed by atoms with van der Waals surface area (Å²) < 4.78 is 8.26. The van der Waals surface area contributed by atoms with E-state index in [0.29, 0.717) is 18.3 Å². The minimum absolute atomic E-state index is 0.0670. The maximum Gasteiger partial charge on any atom is 0.234 e. The van der Waals surface area contributed by atoms with E-state index >= 15 is 0 Å². The van der Waals surface area contributed by atoms with E-state index in [1.807, 2.05) is 54.0 Å². The molecule has 1 aromatic heterocycles. The van der Waals surface area contributed by atoms with Crippen molar-refractivity contribution in [1.82, 2.24) is 14.8 Å². The summed E-state index contributed by atoms with van der Waals surface area (Å²) >= 11 is 4.90. The Hall–Kier alpha value is -2.16. The topological polar surface area (TPSA) is 69.0 Å². The number of nitrogens with one attached hydrogen (secondary N) is 1. The molecule has 0 radical (unpaired) electrons. The van der Waals surface area contributed by atoms with Crippen LogP contribution in [0.5, 0.6) is 0 Å². The number of aromatic nitrogens is 3. The number of methoxy groups -OCH3 is 1. The fraction of sp³-hybridized carbons (Fsp3) is 0.318. The van der Waals surface area contributed by atoms with Crippen LogP contribution < -0.4 is 5.32 Å². The first-order valence-electron chi connectivity index (χ1n) is 9.72. The van der Waals surface area contributed by atoms with Crippen molar-refractivity contribution >= 4 is 39.3 Å². The zero-order valence-corrected chi connectivity index (χ0v) is 19.7. The molecule has 0 bridgehead atoms. The lowest BCUT2D eigenvalue weighted by Crippen LogP contribution is -2.17. The molecule has 2 aromatic carbocycles. The number of aryl methyl sites for hydroxylation is 2. The fourth-order valence-electron chi connectivity index (χ4n) is 3.16. The molecule has 3 rings (SSSR count). The zero-order chi connectivity index (χ0) is 21.5. The number of ether oxygens (including phenoxy) is 1. The van der Waals surface area contributed by atoms with Crippen molar-refractivity contribution in [2.75, 3.05) is 24.8 Å². The van der Waals surface area contributed by atoms with Crippen LogP contribution in [0.4, 0.5) is 5.69 Å². The van der Waals surface area contributed by atoms with Crippen LogP contribution in [0.15, 0.2) is 52.1 Å². The van der Waals surface area contributed by atoms with E-state index in [2.05, 4.69) is 38.4 Å². The summed E-state index contributed by atoms with van der Waals surface area (Å²) in [5, 5.41) is 12.4. The average Bonchev–Trinajstić information content (AvgIpc) is 3.15. The minimum Gasteiger partial charge on any atom is -0.383 e. The Morgan fingerprint density at radius 1 is 1.23 bits per heavy atom. The predicted octanol–water partition coefficient (Wildman–Crippen LogP) is 4.96. The largest absolute Gasteiger partial charge is 0.383 e. The normalized spacial score (nSPS) is 10.9. The van der Waals surface area contributed by atoms with Crippen molar-refractivity contribution in [1.29, 1.82) is 0 Å². The van der Waals surface area contributed by atoms with E-state index in [0.717, 1.165) is 39.1 Å². The highest BCUT2D eigenvalue weighted by atomic mass is 79.9. The van der Waals surface area contributed by atoms with Crippen LogP contribution in [0.2, 0.25) is 0 Å². The highest BCUT2D eigenvalue weighted by molar-refractivity contribution is 9.10. The molecule has 1 amide bonds. The summed E-state index contributed by atoms with van der Waals surface area (Å²) in [6.45, 7) is 5.23. The van der Waals surface area contributed by atoms with Crippen molar-refractivity contribution in [2.24, 2.45) is 0 Å². The SMILES string of the molecule is CCc1cc(Br)cc(C)c1NC(=O)CSc1nnc(-c2ccccc2)n1CCOC. The Morgan fingerprint density at radius 2 is 2.00 bits per heavy atom. The third kappa shape index (κ3) is 5.50. The highest BCUT2D eigenvalue weighted by Crippen LogP contribution is 2.28. The Labute approximate surface area is 189 Å². The lowest BCUT2D eigenvalue weighted by molar-refractivity contribution is -0.113. The van der Waals surface area contributed by atoms with Gasteiger partial charge in [-0.2, -0.15) is 0 Å². The van der Waals surface area contributed by atoms with Crippen molar-refractivity contribution in [3.63, 3.8) is 0 Å². The van der Waals surface area contributed by atoms with E-state index in [4.69, 9.17) is 4.74 Å². The summed E-state index contributed by atoms with van der Waals surface area (Å²) in [5.74, 6) is 0.953. The van der Waals surface area contributed by atoms with Gasteiger partial charge in [0.15, 0.2) is 11.0 Å². The minimum atomic E-state index is -0.0670. The molecular formula is C22H25BrN4O2S. The van der Waals surface area contributed by atoms with E-state index < -0.39 is 0 Å². The van der Waals surface area contributed by atoms with Gasteiger partial charge in [0.05, 0.1) is 18.9 Å². The number of hydrogen-bond donors (Lipinski definition) is 1. The molecule has 8 heteroatoms. The van der Waals surface area contributed by atoms with Gasteiger partial charge in [-0.3, -0.25) is 9.36 Å². The molecule has 0 unspecified atom stereocenters. The van der Waals surface area contributed by atoms with Crippen LogP contribution in [0.1, 0.15) is 18.1 Å². The van der Waals surface area contributed by atoms with Gasteiger partial charge >= 0.3 is 0 Å². The molecule has 1 N–H and O–H groups in total. The predicted molar refractivity (Wildman–Crippen MR) is 125 cm³/mol. The molecule has 30 heavy (non-hydrogen) atoms. The van der Waals surface area contributed by atoms with Gasteiger partial charge in [-0.25, -0.2) is 0 Å². The number of anilines is 1. The van der Waals surface area contributed by atoms with Crippen LogP contribution in [-0.4, -0.2) is 40.1 Å². The maximum absolute atomic E-state index is 12.7. The summed E-state index contributed by atoms with van der Waals surface area (Å²) in [6, 6.07) is 14.0. The Bertz CT molecular complexity index is 1010. The van der Waals surface area contributed by atoms with Crippen LogP contribution in [0.3, 0.4) is 0 Å². The number of rotatable bonds is 9. The van der Waals surface area contributed by atoms with E-state index in [-0.39, 0.29) is 11.7 Å². The number of carbonyl (C=O) groups excluding carboxylic acids is 1. The average molecular weight is 489 g/mol. The summed E-state index contributed by atoms with van der Waals surface area (Å²) in [4.78, 5) is 12.7. The third-order valence-electron chi connectivity index (χ3n) is 4.63. The lowest BCUT2D eigenvalue weighted by atomic mass is 10.1. The molecule has 0 saturated carbocycles. The summed E-state index contributed by atoms with van der Waals surface area (Å²) in [6.07, 6.45) is 0.842. The summed E-state index contributed by atoms with van der Waals surface area (Å²) in [7, 11) is 1.67. The third-order valence-corrected chi connectivity index (χ3v) is 6.05. The number of nitrogens with zero attached hydrogens (tertiary/aromatic N) is 3. The second kappa shape index (κ2) is 10.7. The number of amides is 1. The van der Waals surface area contributed by atoms with E-state index in [1.165, 1.54) is 11.8 Å². The molecule has 0 saturated heterocycles. The maximum atomic E-state index is 12.7. The monoisotopic (exact) mass is 488 g/mol. The number of hydrogen-bond acceptors (Lipinski definition) is 5. The van der Waals surface area contributed by atoms with Gasteiger partial charge in [0, 0.05) is 22.8 Å². The molecule has 1 heterocycles. The molecule has 158 valence electrons. The smallest absolute Gasteiger partial charge is 0.234 e. The number of carbonyl (C=O) groups is 1. The van der Waals surface area contributed by atoms with Crippen molar-refractivity contribution in [2.45, 2.75) is 32.0 Å². The summed E-state index contributed by atoms with van der Waals surface area (Å²) in [5.41, 5.74) is 4.01. The quantitative estimate of drug-likeness (QED) is 0.431. The second-order valence-electron chi connectivity index (χ2n) is 6.76. The van der Waals surface area contributed by atoms with Gasteiger partial charge in [-0.1, -0.05) is 64.9 Å². The molecule has 3 aromatic rings. The molecule has 0 aliphatic carbocycles. The molecule has 0 fully saturated rings. The lowest BCUT2D eigenvalue weighted by Gasteiger charge is -2.14. The molecular weight excluding hydrogens is 464 g/mol. The highest BCUT2D eigenvalue weighted by Gasteiger charge is 2.16. The van der Waals surface area contributed by atoms with Crippen molar-refractivity contribution < 1.29 is 9.53 Å². The van der Waals surface area contributed by atoms with Gasteiger partial charge in [-0.05, 0) is 36.6 Å². The zero-order valence-electron chi connectivity index (χ0n) is 17.3. The van der Waals surface area contributed by atoms with E-state index in [1.54, 1.807) is 7.11 Å². The number of thioether (sulfide) groups is 1. The Balaban J connectivity index is 1.74. The molecule has 6 nitrogen and oxygen atoms in total. The van der Waals surface area contributed by atoms with Gasteiger partial charge in [0.25, 0.3) is 0 Å². The molecule has 0 aliphatic rings. The Morgan fingerprint density at radius 3 is 2.70 bits per heavy atom. The standard InChI is InChI=1S/C22H25BrN4O2S/c1-4-16-13-18(23)12-15(2)20(16)24-19(28)14-30-22-26-25-21(27(22)10-11-29-3)17-8-6-5-7-9-17/h5-9,12-13H,4,10-11,14H2,1-3H3,(H,24,28). The second-order valence-corrected chi connectivity index (χ2v) is 8.62. The molecule has 0 aliphatic heterocycles. The van der Waals surface area contributed by atoms with Gasteiger partial charge in [-0.15, -0.1) is 10.2 Å². The number of halogens is 1. The van der Waals surface area contributed by atoms with Crippen LogP contribution in [-0.2, 0) is 22.5 Å². The first kappa shape index (κ1) is 22.5. The molecule has 0 spiro atoms. The van der Waals surface area contributed by atoms with Crippen molar-refractivity contribution in [3.05, 3.63) is 58.1 Å². The van der Waals surface area contributed by atoms with Crippen LogP contribution in [0.25, 0.3) is 11.4 Å². The van der Waals surface area contributed by atoms with Crippen LogP contribution in [0, 0.1) is 6.92 Å². The fourth-order valence-corrected chi connectivity index (χ4v) is 4.54. The van der Waals surface area contributed by atoms with Gasteiger partial charge in [0.2, 0.25) is 5.91 Å². The number of benzene rings is 2. The van der Waals surface area contributed by atoms with Gasteiger partial charge < -0.3 is 10.1 Å². The Kier molecular flexibility index (Phi) is 8.07. The van der Waals surface area contributed by atoms with Crippen molar-refractivity contribution in [3.8, 4) is 11.4 Å². The first-order chi connectivity index (χ1) is 14.5. The van der Waals surface area contributed by atoms with Gasteiger partial charge in [0.1, 0.15) is 0 Å². The van der Waals surface area contributed by atoms with E-state index in [9.17, 15) is 4.79 Å².